The molecule has 6 nitrogen and oxygen atoms in total. The number of ether oxygens (including phenoxy) is 1. The first-order valence-corrected chi connectivity index (χ1v) is 5.31. The molecule has 15 heavy (non-hydrogen) atoms. The molecule has 2 aromatic heterocycles. The molecule has 0 aromatic carbocycles. The third-order valence-electron chi connectivity index (χ3n) is 1.83. The molecule has 2 heterocycles. The highest BCUT2D eigenvalue weighted by Crippen LogP contribution is 2.19. The zero-order chi connectivity index (χ0) is 10.8. The molecule has 0 amide bonds. The van der Waals surface area contributed by atoms with Crippen molar-refractivity contribution < 1.29 is 9.53 Å². The number of hydrogen-bond donors (Lipinski definition) is 0. The molecular formula is C8H8N4O2S. The van der Waals surface area contributed by atoms with Crippen LogP contribution in [-0.4, -0.2) is 39.0 Å². The van der Waals surface area contributed by atoms with Crippen molar-refractivity contribution in [2.45, 2.75) is 5.16 Å². The number of nitrogens with zero attached hydrogens (tertiary/aromatic N) is 4. The number of carbonyl (C=O) groups is 1. The highest BCUT2D eigenvalue weighted by Gasteiger charge is 2.17. The topological polar surface area (TPSA) is 69.9 Å². The van der Waals surface area contributed by atoms with Gasteiger partial charge in [0.05, 0.1) is 13.3 Å². The fourth-order valence-corrected chi connectivity index (χ4v) is 1.74. The van der Waals surface area contributed by atoms with E-state index < -0.39 is 6.09 Å². The Morgan fingerprint density at radius 1 is 1.60 bits per heavy atom. The molecule has 0 saturated heterocycles. The van der Waals surface area contributed by atoms with Gasteiger partial charge in [-0.2, -0.15) is 0 Å². The van der Waals surface area contributed by atoms with Crippen molar-refractivity contribution in [3.05, 3.63) is 12.5 Å². The van der Waals surface area contributed by atoms with Gasteiger partial charge in [-0.1, -0.05) is 11.8 Å². The number of hydrogen-bond acceptors (Lipinski definition) is 6. The molecule has 0 spiro atoms. The number of carbonyl (C=O) groups excluding carboxylic acids is 1. The lowest BCUT2D eigenvalue weighted by molar-refractivity contribution is 0.171. The molecule has 78 valence electrons. The molecule has 2 aromatic rings. The van der Waals surface area contributed by atoms with Gasteiger partial charge in [-0.25, -0.2) is 24.3 Å². The van der Waals surface area contributed by atoms with Gasteiger partial charge in [-0.15, -0.1) is 0 Å². The number of thioether (sulfide) groups is 1. The van der Waals surface area contributed by atoms with Crippen molar-refractivity contribution in [1.82, 2.24) is 19.5 Å². The van der Waals surface area contributed by atoms with Crippen LogP contribution in [0.4, 0.5) is 4.79 Å². The lowest BCUT2D eigenvalue weighted by Gasteiger charge is -2.02. The van der Waals surface area contributed by atoms with Gasteiger partial charge in [-0.3, -0.25) is 0 Å². The van der Waals surface area contributed by atoms with Gasteiger partial charge in [0, 0.05) is 0 Å². The number of fused-ring (bicyclic) bond motifs is 1. The summed E-state index contributed by atoms with van der Waals surface area (Å²) < 4.78 is 5.98. The van der Waals surface area contributed by atoms with Crippen LogP contribution >= 0.6 is 11.8 Å². The maximum absolute atomic E-state index is 11.5. The fraction of sp³-hybridized carbons (Fsp3) is 0.250. The summed E-state index contributed by atoms with van der Waals surface area (Å²) in [5.41, 5.74) is 1.04. The Bertz CT molecular complexity index is 510. The van der Waals surface area contributed by atoms with E-state index in [9.17, 15) is 4.79 Å². The van der Waals surface area contributed by atoms with Gasteiger partial charge in [0.1, 0.15) is 11.8 Å². The quantitative estimate of drug-likeness (QED) is 0.677. The maximum Gasteiger partial charge on any atom is 0.421 e. The van der Waals surface area contributed by atoms with Gasteiger partial charge in [0.15, 0.2) is 10.8 Å². The minimum absolute atomic E-state index is 0.459. The summed E-state index contributed by atoms with van der Waals surface area (Å²) in [6.07, 6.45) is 4.25. The van der Waals surface area contributed by atoms with Crippen molar-refractivity contribution in [2.75, 3.05) is 13.4 Å². The zero-order valence-corrected chi connectivity index (χ0v) is 8.98. The Kier molecular flexibility index (Phi) is 2.55. The average Bonchev–Trinajstić information content (AvgIpc) is 2.66. The van der Waals surface area contributed by atoms with Crippen molar-refractivity contribution in [1.29, 1.82) is 0 Å². The first-order chi connectivity index (χ1) is 7.27. The second-order valence-corrected chi connectivity index (χ2v) is 3.41. The van der Waals surface area contributed by atoms with Crippen LogP contribution in [0.1, 0.15) is 0 Å². The van der Waals surface area contributed by atoms with Crippen LogP contribution in [-0.2, 0) is 4.74 Å². The van der Waals surface area contributed by atoms with E-state index >= 15 is 0 Å². The Balaban J connectivity index is 2.72. The van der Waals surface area contributed by atoms with Crippen LogP contribution in [0.15, 0.2) is 17.7 Å². The van der Waals surface area contributed by atoms with Crippen molar-refractivity contribution in [2.24, 2.45) is 0 Å². The molecule has 0 saturated carbocycles. The molecule has 0 unspecified atom stereocenters. The number of aromatic nitrogens is 4. The van der Waals surface area contributed by atoms with Crippen LogP contribution in [0.25, 0.3) is 11.2 Å². The average molecular weight is 224 g/mol. The second-order valence-electron chi connectivity index (χ2n) is 2.64. The predicted octanol–water partition coefficient (Wildman–Crippen LogP) is 1.16. The third-order valence-corrected chi connectivity index (χ3v) is 2.47. The first kappa shape index (κ1) is 9.91. The highest BCUT2D eigenvalue weighted by molar-refractivity contribution is 7.98. The van der Waals surface area contributed by atoms with E-state index in [1.165, 1.54) is 29.8 Å². The smallest absolute Gasteiger partial charge is 0.421 e. The van der Waals surface area contributed by atoms with Crippen molar-refractivity contribution in [3.8, 4) is 0 Å². The van der Waals surface area contributed by atoms with E-state index in [1.54, 1.807) is 6.20 Å². The Morgan fingerprint density at radius 3 is 3.07 bits per heavy atom. The molecule has 0 aliphatic carbocycles. The molecule has 0 bridgehead atoms. The third kappa shape index (κ3) is 1.54. The molecular weight excluding hydrogens is 216 g/mol. The maximum atomic E-state index is 11.5. The molecule has 0 atom stereocenters. The summed E-state index contributed by atoms with van der Waals surface area (Å²) in [5.74, 6) is 0. The highest BCUT2D eigenvalue weighted by atomic mass is 32.2. The Labute approximate surface area is 89.7 Å². The lowest BCUT2D eigenvalue weighted by atomic mass is 10.6. The number of rotatable bonds is 1. The monoisotopic (exact) mass is 224 g/mol. The summed E-state index contributed by atoms with van der Waals surface area (Å²) >= 11 is 1.35. The van der Waals surface area contributed by atoms with Crippen LogP contribution < -0.4 is 0 Å². The van der Waals surface area contributed by atoms with Crippen LogP contribution in [0, 0.1) is 0 Å². The minimum atomic E-state index is -0.499. The molecule has 7 heteroatoms. The van der Waals surface area contributed by atoms with Crippen molar-refractivity contribution >= 4 is 29.0 Å². The summed E-state index contributed by atoms with van der Waals surface area (Å²) in [5, 5.41) is 0.539. The Hall–Kier alpha value is -1.63. The van der Waals surface area contributed by atoms with E-state index in [0.717, 1.165) is 0 Å². The van der Waals surface area contributed by atoms with Crippen LogP contribution in [0.3, 0.4) is 0 Å². The van der Waals surface area contributed by atoms with Crippen molar-refractivity contribution in [3.63, 3.8) is 0 Å². The number of imidazole rings is 1. The van der Waals surface area contributed by atoms with Crippen LogP contribution in [0.2, 0.25) is 0 Å². The standard InChI is InChI=1S/C8H8N4O2S/c1-14-8(13)12-6-5(3-9-4-10-6)11-7(12)15-2/h3-4H,1-2H3. The minimum Gasteiger partial charge on any atom is -0.452 e. The fourth-order valence-electron chi connectivity index (χ4n) is 1.20. The molecule has 2 rings (SSSR count). The summed E-state index contributed by atoms with van der Waals surface area (Å²) in [6, 6.07) is 0. The molecule has 0 fully saturated rings. The van der Waals surface area contributed by atoms with Crippen LogP contribution in [0.5, 0.6) is 0 Å². The SMILES string of the molecule is COC(=O)n1c(SC)nc2cncnc21. The van der Waals surface area contributed by atoms with E-state index in [2.05, 4.69) is 19.7 Å². The van der Waals surface area contributed by atoms with Gasteiger partial charge < -0.3 is 4.74 Å². The zero-order valence-electron chi connectivity index (χ0n) is 8.17. The normalized spacial score (nSPS) is 10.5. The summed E-state index contributed by atoms with van der Waals surface area (Å²) in [7, 11) is 1.32. The molecule has 0 radical (unpaired) electrons. The molecule has 0 aliphatic rings. The molecule has 0 N–H and O–H groups in total. The van der Waals surface area contributed by atoms with Gasteiger partial charge in [0.25, 0.3) is 0 Å². The summed E-state index contributed by atoms with van der Waals surface area (Å²) in [6.45, 7) is 0. The van der Waals surface area contributed by atoms with E-state index in [4.69, 9.17) is 0 Å². The summed E-state index contributed by atoms with van der Waals surface area (Å²) in [4.78, 5) is 23.5. The molecule has 0 aliphatic heterocycles. The Morgan fingerprint density at radius 2 is 2.40 bits per heavy atom. The van der Waals surface area contributed by atoms with E-state index in [1.807, 2.05) is 6.26 Å². The van der Waals surface area contributed by atoms with E-state index in [-0.39, 0.29) is 0 Å². The predicted molar refractivity (Wildman–Crippen MR) is 54.9 cm³/mol. The lowest BCUT2D eigenvalue weighted by Crippen LogP contribution is -2.12. The van der Waals surface area contributed by atoms with Gasteiger partial charge in [0.2, 0.25) is 0 Å². The number of methoxy groups -OCH3 is 1. The first-order valence-electron chi connectivity index (χ1n) is 4.08. The van der Waals surface area contributed by atoms with Gasteiger partial charge >= 0.3 is 6.09 Å². The van der Waals surface area contributed by atoms with E-state index in [0.29, 0.717) is 16.3 Å². The second kappa shape index (κ2) is 3.85. The largest absolute Gasteiger partial charge is 0.452 e. The van der Waals surface area contributed by atoms with Gasteiger partial charge in [-0.05, 0) is 6.26 Å².